The monoisotopic (exact) mass is 421 g/mol. The predicted octanol–water partition coefficient (Wildman–Crippen LogP) is 6.30. The lowest BCUT2D eigenvalue weighted by molar-refractivity contribution is 0.126. The second-order valence-electron chi connectivity index (χ2n) is 6.89. The van der Waals surface area contributed by atoms with Crippen molar-refractivity contribution >= 4 is 22.0 Å². The third kappa shape index (κ3) is 3.26. The summed E-state index contributed by atoms with van der Waals surface area (Å²) in [6.07, 6.45) is -0.896. The summed E-state index contributed by atoms with van der Waals surface area (Å²) in [4.78, 5) is 13.7. The van der Waals surface area contributed by atoms with Gasteiger partial charge in [0.1, 0.15) is 0 Å². The second kappa shape index (κ2) is 7.20. The van der Waals surface area contributed by atoms with Crippen LogP contribution in [0.1, 0.15) is 35.6 Å². The van der Waals surface area contributed by atoms with Crippen LogP contribution in [0.25, 0.3) is 11.1 Å². The third-order valence-corrected chi connectivity index (χ3v) is 5.94. The van der Waals surface area contributed by atoms with E-state index in [1.54, 1.807) is 4.90 Å². The number of carbonyl (C=O) groups is 1. The Balaban J connectivity index is 1.70. The maximum absolute atomic E-state index is 12.1. The van der Waals surface area contributed by atoms with Gasteiger partial charge in [0, 0.05) is 16.9 Å². The number of amides is 1. The molecule has 3 aromatic carbocycles. The Labute approximate surface area is 167 Å². The minimum atomic E-state index is -0.896. The number of nitrogens with zero attached hydrogens (tertiary/aromatic N) is 1. The van der Waals surface area contributed by atoms with Crippen LogP contribution in [0.5, 0.6) is 0 Å². The van der Waals surface area contributed by atoms with Crippen LogP contribution in [0.3, 0.4) is 0 Å². The average Bonchev–Trinajstić information content (AvgIpc) is 3.00. The Kier molecular flexibility index (Phi) is 4.75. The van der Waals surface area contributed by atoms with Crippen molar-refractivity contribution in [2.75, 3.05) is 6.54 Å². The van der Waals surface area contributed by atoms with Gasteiger partial charge in [0.25, 0.3) is 0 Å². The van der Waals surface area contributed by atoms with Crippen molar-refractivity contribution < 1.29 is 9.90 Å². The molecule has 0 saturated carbocycles. The Hall–Kier alpha value is -2.59. The van der Waals surface area contributed by atoms with Crippen LogP contribution < -0.4 is 0 Å². The molecule has 4 heteroatoms. The normalized spacial score (nSPS) is 13.7. The van der Waals surface area contributed by atoms with E-state index in [9.17, 15) is 9.90 Å². The number of halogens is 1. The molecule has 1 amide bonds. The van der Waals surface area contributed by atoms with Crippen LogP contribution >= 0.6 is 15.9 Å². The van der Waals surface area contributed by atoms with E-state index in [0.29, 0.717) is 6.54 Å². The van der Waals surface area contributed by atoms with E-state index in [4.69, 9.17) is 0 Å². The number of rotatable bonds is 4. The van der Waals surface area contributed by atoms with Gasteiger partial charge in [-0.05, 0) is 46.9 Å². The minimum Gasteiger partial charge on any atom is -0.465 e. The first-order valence-corrected chi connectivity index (χ1v) is 9.79. The summed E-state index contributed by atoms with van der Waals surface area (Å²) >= 11 is 3.44. The quantitative estimate of drug-likeness (QED) is 0.536. The highest BCUT2D eigenvalue weighted by atomic mass is 79.9. The summed E-state index contributed by atoms with van der Waals surface area (Å²) in [6.45, 7) is 2.38. The van der Waals surface area contributed by atoms with Crippen molar-refractivity contribution in [3.63, 3.8) is 0 Å². The van der Waals surface area contributed by atoms with E-state index in [1.807, 2.05) is 55.5 Å². The maximum atomic E-state index is 12.1. The smallest absolute Gasteiger partial charge is 0.407 e. The Bertz CT molecular complexity index is 938. The Morgan fingerprint density at radius 3 is 2.00 bits per heavy atom. The van der Waals surface area contributed by atoms with Crippen LogP contribution in [0.2, 0.25) is 0 Å². The highest BCUT2D eigenvalue weighted by molar-refractivity contribution is 9.10. The zero-order chi connectivity index (χ0) is 19.0. The van der Waals surface area contributed by atoms with Crippen LogP contribution in [0, 0.1) is 0 Å². The first-order chi connectivity index (χ1) is 13.1. The fourth-order valence-electron chi connectivity index (χ4n) is 3.98. The van der Waals surface area contributed by atoms with Gasteiger partial charge in [-0.1, -0.05) is 76.6 Å². The molecule has 3 aromatic rings. The SMILES string of the molecule is C[C@@H](c1ccc(Br)cc1)N(CC1c2ccccc2-c2ccccc21)C(=O)O. The lowest BCUT2D eigenvalue weighted by atomic mass is 9.95. The van der Waals surface area contributed by atoms with Crippen LogP contribution in [0.4, 0.5) is 4.79 Å². The first-order valence-electron chi connectivity index (χ1n) is 8.99. The van der Waals surface area contributed by atoms with E-state index in [-0.39, 0.29) is 12.0 Å². The minimum absolute atomic E-state index is 0.0476. The predicted molar refractivity (Wildman–Crippen MR) is 111 cm³/mol. The number of hydrogen-bond donors (Lipinski definition) is 1. The Morgan fingerprint density at radius 1 is 0.963 bits per heavy atom. The zero-order valence-corrected chi connectivity index (χ0v) is 16.6. The molecule has 1 aliphatic rings. The molecule has 1 aliphatic carbocycles. The number of hydrogen-bond acceptors (Lipinski definition) is 1. The fraction of sp³-hybridized carbons (Fsp3) is 0.174. The lowest BCUT2D eigenvalue weighted by Crippen LogP contribution is -2.35. The first kappa shape index (κ1) is 17.8. The molecular weight excluding hydrogens is 402 g/mol. The molecule has 136 valence electrons. The summed E-state index contributed by atoms with van der Waals surface area (Å²) in [5.74, 6) is 0.0476. The molecule has 0 aliphatic heterocycles. The molecule has 0 heterocycles. The molecule has 0 bridgehead atoms. The van der Waals surface area contributed by atoms with Gasteiger partial charge in [0.2, 0.25) is 0 Å². The summed E-state index contributed by atoms with van der Waals surface area (Å²) in [6, 6.07) is 24.2. The molecule has 1 atom stereocenters. The van der Waals surface area contributed by atoms with E-state index < -0.39 is 6.09 Å². The topological polar surface area (TPSA) is 40.5 Å². The van der Waals surface area contributed by atoms with E-state index in [2.05, 4.69) is 40.2 Å². The van der Waals surface area contributed by atoms with Gasteiger partial charge in [-0.3, -0.25) is 0 Å². The summed E-state index contributed by atoms with van der Waals surface area (Å²) < 4.78 is 0.985. The van der Waals surface area contributed by atoms with Gasteiger partial charge >= 0.3 is 6.09 Å². The zero-order valence-electron chi connectivity index (χ0n) is 15.0. The largest absolute Gasteiger partial charge is 0.465 e. The third-order valence-electron chi connectivity index (χ3n) is 5.41. The number of benzene rings is 3. The molecule has 4 rings (SSSR count). The van der Waals surface area contributed by atoms with Crippen molar-refractivity contribution in [2.24, 2.45) is 0 Å². The van der Waals surface area contributed by atoms with Crippen molar-refractivity contribution in [3.8, 4) is 11.1 Å². The number of carboxylic acid groups (broad SMARTS) is 1. The van der Waals surface area contributed by atoms with Gasteiger partial charge in [0.05, 0.1) is 6.04 Å². The van der Waals surface area contributed by atoms with Gasteiger partial charge < -0.3 is 10.0 Å². The lowest BCUT2D eigenvalue weighted by Gasteiger charge is -2.30. The maximum Gasteiger partial charge on any atom is 0.407 e. The van der Waals surface area contributed by atoms with E-state index in [0.717, 1.165) is 10.0 Å². The van der Waals surface area contributed by atoms with Gasteiger partial charge in [-0.15, -0.1) is 0 Å². The molecule has 0 saturated heterocycles. The standard InChI is InChI=1S/C23H20BrNO2/c1-15(16-10-12-17(24)13-11-16)25(23(26)27)14-22-20-8-4-2-6-18(20)19-7-3-5-9-21(19)22/h2-13,15,22H,14H2,1H3,(H,26,27)/t15-/m0/s1. The molecule has 3 nitrogen and oxygen atoms in total. The Morgan fingerprint density at radius 2 is 1.48 bits per heavy atom. The number of fused-ring (bicyclic) bond motifs is 3. The van der Waals surface area contributed by atoms with E-state index >= 15 is 0 Å². The molecule has 0 unspecified atom stereocenters. The van der Waals surface area contributed by atoms with Gasteiger partial charge in [-0.2, -0.15) is 0 Å². The molecule has 0 aromatic heterocycles. The van der Waals surface area contributed by atoms with Crippen LogP contribution in [0.15, 0.2) is 77.3 Å². The molecule has 0 spiro atoms. The van der Waals surface area contributed by atoms with Crippen molar-refractivity contribution in [2.45, 2.75) is 18.9 Å². The molecule has 0 fully saturated rings. The average molecular weight is 422 g/mol. The van der Waals surface area contributed by atoms with Gasteiger partial charge in [-0.25, -0.2) is 4.79 Å². The summed E-state index contributed by atoms with van der Waals surface area (Å²) in [5, 5.41) is 9.93. The van der Waals surface area contributed by atoms with Crippen molar-refractivity contribution in [3.05, 3.63) is 94.0 Å². The second-order valence-corrected chi connectivity index (χ2v) is 7.81. The molecule has 27 heavy (non-hydrogen) atoms. The van der Waals surface area contributed by atoms with Crippen LogP contribution in [-0.2, 0) is 0 Å². The van der Waals surface area contributed by atoms with Crippen molar-refractivity contribution in [1.82, 2.24) is 4.90 Å². The van der Waals surface area contributed by atoms with Crippen LogP contribution in [-0.4, -0.2) is 22.6 Å². The highest BCUT2D eigenvalue weighted by Gasteiger charge is 2.32. The molecule has 0 radical (unpaired) electrons. The van der Waals surface area contributed by atoms with Gasteiger partial charge in [0.15, 0.2) is 0 Å². The highest BCUT2D eigenvalue weighted by Crippen LogP contribution is 2.45. The van der Waals surface area contributed by atoms with Crippen molar-refractivity contribution in [1.29, 1.82) is 0 Å². The van der Waals surface area contributed by atoms with E-state index in [1.165, 1.54) is 22.3 Å². The summed E-state index contributed by atoms with van der Waals surface area (Å²) in [5.41, 5.74) is 5.81. The molecule has 1 N–H and O–H groups in total. The summed E-state index contributed by atoms with van der Waals surface area (Å²) in [7, 11) is 0. The molecular formula is C23H20BrNO2. The fourth-order valence-corrected chi connectivity index (χ4v) is 4.24.